The van der Waals surface area contributed by atoms with Crippen LogP contribution in [-0.2, 0) is 10.0 Å². The number of halogens is 1. The first kappa shape index (κ1) is 14.1. The summed E-state index contributed by atoms with van der Waals surface area (Å²) >= 11 is 2.17. The summed E-state index contributed by atoms with van der Waals surface area (Å²) in [5, 5.41) is 3.24. The van der Waals surface area contributed by atoms with Crippen molar-refractivity contribution in [3.8, 4) is 0 Å². The number of anilines is 1. The summed E-state index contributed by atoms with van der Waals surface area (Å²) in [6.45, 7) is 1.80. The Kier molecular flexibility index (Phi) is 4.85. The van der Waals surface area contributed by atoms with Gasteiger partial charge in [0.25, 0.3) is 0 Å². The second kappa shape index (κ2) is 6.21. The predicted molar refractivity (Wildman–Crippen MR) is 82.2 cm³/mol. The lowest BCUT2D eigenvalue weighted by Gasteiger charge is -2.22. The molecule has 1 aliphatic rings. The molecule has 0 amide bonds. The molecule has 1 saturated heterocycles. The smallest absolute Gasteiger partial charge is 0.233 e. The predicted octanol–water partition coefficient (Wildman–Crippen LogP) is 2.03. The van der Waals surface area contributed by atoms with E-state index >= 15 is 0 Å². The Balaban J connectivity index is 1.98. The standard InChI is InChI=1S/C12H17IN2O2S/c13-11-4-1-5-12(7-11)15-18(16,17)9-10-3-2-6-14-8-10/h1,4-5,7,10,14-15H,2-3,6,8-9H2. The van der Waals surface area contributed by atoms with Crippen LogP contribution in [0.5, 0.6) is 0 Å². The molecule has 0 saturated carbocycles. The molecule has 0 aromatic heterocycles. The molecule has 1 aliphatic heterocycles. The minimum absolute atomic E-state index is 0.200. The van der Waals surface area contributed by atoms with Crippen molar-refractivity contribution in [2.24, 2.45) is 5.92 Å². The van der Waals surface area contributed by atoms with E-state index in [1.807, 2.05) is 18.2 Å². The highest BCUT2D eigenvalue weighted by Gasteiger charge is 2.21. The molecule has 1 atom stereocenters. The van der Waals surface area contributed by atoms with Gasteiger partial charge in [-0.05, 0) is 72.6 Å². The Hall–Kier alpha value is -0.340. The van der Waals surface area contributed by atoms with Gasteiger partial charge in [0.15, 0.2) is 0 Å². The summed E-state index contributed by atoms with van der Waals surface area (Å²) in [6, 6.07) is 7.39. The van der Waals surface area contributed by atoms with Gasteiger partial charge in [0.05, 0.1) is 5.75 Å². The lowest BCUT2D eigenvalue weighted by Crippen LogP contribution is -2.35. The molecule has 100 valence electrons. The second-order valence-electron chi connectivity index (χ2n) is 4.61. The monoisotopic (exact) mass is 380 g/mol. The van der Waals surface area contributed by atoms with E-state index in [0.717, 1.165) is 29.5 Å². The van der Waals surface area contributed by atoms with Gasteiger partial charge in [0, 0.05) is 9.26 Å². The van der Waals surface area contributed by atoms with Crippen LogP contribution in [0.2, 0.25) is 0 Å². The van der Waals surface area contributed by atoms with Crippen LogP contribution < -0.4 is 10.0 Å². The molecule has 1 unspecified atom stereocenters. The Morgan fingerprint density at radius 3 is 2.94 bits per heavy atom. The van der Waals surface area contributed by atoms with Crippen LogP contribution in [0, 0.1) is 9.49 Å². The van der Waals surface area contributed by atoms with E-state index in [0.29, 0.717) is 5.69 Å². The van der Waals surface area contributed by atoms with Crippen LogP contribution in [0.1, 0.15) is 12.8 Å². The molecule has 0 spiro atoms. The maximum atomic E-state index is 12.0. The fourth-order valence-electron chi connectivity index (χ4n) is 2.15. The van der Waals surface area contributed by atoms with Crippen molar-refractivity contribution >= 4 is 38.3 Å². The van der Waals surface area contributed by atoms with Crippen LogP contribution >= 0.6 is 22.6 Å². The van der Waals surface area contributed by atoms with Crippen LogP contribution in [0.25, 0.3) is 0 Å². The molecular formula is C12H17IN2O2S. The van der Waals surface area contributed by atoms with E-state index in [1.165, 1.54) is 0 Å². The zero-order chi connectivity index (χ0) is 13.0. The third-order valence-corrected chi connectivity index (χ3v) is 5.08. The highest BCUT2D eigenvalue weighted by molar-refractivity contribution is 14.1. The van der Waals surface area contributed by atoms with Gasteiger partial charge in [0.2, 0.25) is 10.0 Å². The van der Waals surface area contributed by atoms with Gasteiger partial charge in [-0.15, -0.1) is 0 Å². The SMILES string of the molecule is O=S(=O)(CC1CCCNC1)Nc1cccc(I)c1. The molecule has 2 rings (SSSR count). The van der Waals surface area contributed by atoms with Gasteiger partial charge in [-0.3, -0.25) is 4.72 Å². The fourth-order valence-corrected chi connectivity index (χ4v) is 4.17. The number of piperidine rings is 1. The van der Waals surface area contributed by atoms with E-state index in [-0.39, 0.29) is 11.7 Å². The van der Waals surface area contributed by atoms with Crippen LogP contribution in [-0.4, -0.2) is 27.3 Å². The lowest BCUT2D eigenvalue weighted by atomic mass is 10.0. The molecule has 2 N–H and O–H groups in total. The first-order chi connectivity index (χ1) is 8.55. The van der Waals surface area contributed by atoms with Crippen molar-refractivity contribution < 1.29 is 8.42 Å². The van der Waals surface area contributed by atoms with Crippen molar-refractivity contribution in [1.29, 1.82) is 0 Å². The number of sulfonamides is 1. The molecule has 18 heavy (non-hydrogen) atoms. The third-order valence-electron chi connectivity index (χ3n) is 2.95. The molecule has 1 aromatic rings. The normalized spacial score (nSPS) is 20.6. The Bertz CT molecular complexity index is 499. The molecular weight excluding hydrogens is 363 g/mol. The molecule has 1 heterocycles. The second-order valence-corrected chi connectivity index (χ2v) is 7.62. The average molecular weight is 380 g/mol. The number of nitrogens with one attached hydrogen (secondary N) is 2. The number of hydrogen-bond acceptors (Lipinski definition) is 3. The first-order valence-corrected chi connectivity index (χ1v) is 8.75. The van der Waals surface area contributed by atoms with E-state index < -0.39 is 10.0 Å². The van der Waals surface area contributed by atoms with Crippen molar-refractivity contribution in [1.82, 2.24) is 5.32 Å². The van der Waals surface area contributed by atoms with Crippen LogP contribution in [0.3, 0.4) is 0 Å². The summed E-state index contributed by atoms with van der Waals surface area (Å²) in [6.07, 6.45) is 2.05. The Morgan fingerprint density at radius 1 is 1.44 bits per heavy atom. The largest absolute Gasteiger partial charge is 0.316 e. The summed E-state index contributed by atoms with van der Waals surface area (Å²) < 4.78 is 27.7. The molecule has 0 bridgehead atoms. The highest BCUT2D eigenvalue weighted by atomic mass is 127. The van der Waals surface area contributed by atoms with Crippen LogP contribution in [0.4, 0.5) is 5.69 Å². The molecule has 1 fully saturated rings. The minimum atomic E-state index is -3.24. The zero-order valence-corrected chi connectivity index (χ0v) is 13.0. The Morgan fingerprint density at radius 2 is 2.28 bits per heavy atom. The maximum Gasteiger partial charge on any atom is 0.233 e. The van der Waals surface area contributed by atoms with Crippen molar-refractivity contribution in [2.45, 2.75) is 12.8 Å². The molecule has 4 nitrogen and oxygen atoms in total. The van der Waals surface area contributed by atoms with Gasteiger partial charge in [-0.1, -0.05) is 6.07 Å². The summed E-state index contributed by atoms with van der Waals surface area (Å²) in [4.78, 5) is 0. The van der Waals surface area contributed by atoms with Gasteiger partial charge in [0.1, 0.15) is 0 Å². The topological polar surface area (TPSA) is 58.2 Å². The van der Waals surface area contributed by atoms with Crippen molar-refractivity contribution in [2.75, 3.05) is 23.6 Å². The van der Waals surface area contributed by atoms with Gasteiger partial charge >= 0.3 is 0 Å². The third kappa shape index (κ3) is 4.40. The fraction of sp³-hybridized carbons (Fsp3) is 0.500. The zero-order valence-electron chi connectivity index (χ0n) is 10.0. The van der Waals surface area contributed by atoms with E-state index in [1.54, 1.807) is 6.07 Å². The van der Waals surface area contributed by atoms with E-state index in [2.05, 4.69) is 32.6 Å². The quantitative estimate of drug-likeness (QED) is 0.786. The maximum absolute atomic E-state index is 12.0. The number of rotatable bonds is 4. The molecule has 1 aromatic carbocycles. The molecule has 6 heteroatoms. The minimum Gasteiger partial charge on any atom is -0.316 e. The molecule has 0 aliphatic carbocycles. The highest BCUT2D eigenvalue weighted by Crippen LogP contribution is 2.17. The van der Waals surface area contributed by atoms with Gasteiger partial charge < -0.3 is 5.32 Å². The van der Waals surface area contributed by atoms with Crippen molar-refractivity contribution in [3.63, 3.8) is 0 Å². The van der Waals surface area contributed by atoms with Gasteiger partial charge in [-0.2, -0.15) is 0 Å². The summed E-state index contributed by atoms with van der Waals surface area (Å²) in [7, 11) is -3.24. The van der Waals surface area contributed by atoms with Crippen LogP contribution in [0.15, 0.2) is 24.3 Å². The number of benzene rings is 1. The summed E-state index contributed by atoms with van der Waals surface area (Å²) in [5.41, 5.74) is 0.644. The Labute approximate surface area is 122 Å². The van der Waals surface area contributed by atoms with Gasteiger partial charge in [-0.25, -0.2) is 8.42 Å². The average Bonchev–Trinajstić information content (AvgIpc) is 2.28. The summed E-state index contributed by atoms with van der Waals surface area (Å²) in [5.74, 6) is 0.421. The molecule has 0 radical (unpaired) electrons. The first-order valence-electron chi connectivity index (χ1n) is 6.02. The van der Waals surface area contributed by atoms with Crippen molar-refractivity contribution in [3.05, 3.63) is 27.8 Å². The number of hydrogen-bond donors (Lipinski definition) is 2. The van der Waals surface area contributed by atoms with E-state index in [9.17, 15) is 8.42 Å². The van der Waals surface area contributed by atoms with E-state index in [4.69, 9.17) is 0 Å². The lowest BCUT2D eigenvalue weighted by molar-refractivity contribution is 0.404.